The largest absolute Gasteiger partial charge is 0.508 e. The molecule has 0 saturated carbocycles. The van der Waals surface area contributed by atoms with Gasteiger partial charge in [0.2, 0.25) is 11.8 Å². The van der Waals surface area contributed by atoms with Crippen LogP contribution < -0.4 is 0 Å². The Morgan fingerprint density at radius 1 is 1.05 bits per heavy atom. The Balaban J connectivity index is 1.55. The van der Waals surface area contributed by atoms with E-state index in [1.54, 1.807) is 30.5 Å². The van der Waals surface area contributed by atoms with Crippen molar-refractivity contribution in [3.8, 4) is 5.75 Å². The molecule has 0 radical (unpaired) electrons. The van der Waals surface area contributed by atoms with Gasteiger partial charge in [0.05, 0.1) is 30.2 Å². The number of unbranched alkanes of at least 4 members (excludes halogenated alkanes) is 2. The smallest absolute Gasteiger partial charge is 0.303 e. The summed E-state index contributed by atoms with van der Waals surface area (Å²) in [6.45, 7) is 3.88. The highest BCUT2D eigenvalue weighted by atomic mass is 16.4. The number of aliphatic hydroxyl groups excluding tert-OH is 2. The van der Waals surface area contributed by atoms with Gasteiger partial charge in [0.1, 0.15) is 5.75 Å². The van der Waals surface area contributed by atoms with Gasteiger partial charge in [-0.1, -0.05) is 44.0 Å². The van der Waals surface area contributed by atoms with Gasteiger partial charge in [0, 0.05) is 25.1 Å². The number of benzene rings is 1. The predicted octanol–water partition coefficient (Wildman–Crippen LogP) is 4.68. The Hall–Kier alpha value is -3.82. The number of aliphatic hydroxyl groups is 2. The fraction of sp³-hybridized carbons (Fsp3) is 0.471. The second kappa shape index (κ2) is 14.6. The van der Waals surface area contributed by atoms with Crippen LogP contribution in [0, 0.1) is 23.7 Å². The van der Waals surface area contributed by atoms with Crippen LogP contribution in [0.1, 0.15) is 70.1 Å². The van der Waals surface area contributed by atoms with E-state index in [-0.39, 0.29) is 43.1 Å². The van der Waals surface area contributed by atoms with E-state index in [0.29, 0.717) is 44.1 Å². The molecule has 1 fully saturated rings. The molecule has 2 amide bonds. The number of phenolic OH excluding ortho intramolecular Hbond substituents is 1. The summed E-state index contributed by atoms with van der Waals surface area (Å²) in [7, 11) is 0. The number of carboxylic acids is 1. The molecule has 9 nitrogen and oxygen atoms in total. The maximum absolute atomic E-state index is 13.6. The van der Waals surface area contributed by atoms with Gasteiger partial charge in [-0.15, -0.1) is 0 Å². The van der Waals surface area contributed by atoms with Crippen molar-refractivity contribution in [2.45, 2.75) is 64.9 Å². The molecule has 230 valence electrons. The number of pyridine rings is 1. The van der Waals surface area contributed by atoms with Gasteiger partial charge in [0.15, 0.2) is 0 Å². The van der Waals surface area contributed by atoms with Crippen LogP contribution in [0.4, 0.5) is 0 Å². The van der Waals surface area contributed by atoms with Crippen LogP contribution >= 0.6 is 0 Å². The van der Waals surface area contributed by atoms with Crippen molar-refractivity contribution in [3.63, 3.8) is 0 Å². The average Bonchev–Trinajstić information content (AvgIpc) is 3.23. The summed E-state index contributed by atoms with van der Waals surface area (Å²) in [6.07, 6.45) is 5.56. The van der Waals surface area contributed by atoms with E-state index in [1.165, 1.54) is 4.90 Å². The number of likely N-dealkylation sites (tertiary alicyclic amines) is 1. The van der Waals surface area contributed by atoms with Crippen molar-refractivity contribution in [1.29, 1.82) is 0 Å². The third kappa shape index (κ3) is 7.58. The molecular formula is C34H42N2O7. The lowest BCUT2D eigenvalue weighted by atomic mass is 9.66. The fourth-order valence-electron chi connectivity index (χ4n) is 6.50. The zero-order valence-electron chi connectivity index (χ0n) is 24.9. The molecule has 1 saturated heterocycles. The molecule has 2 heterocycles. The minimum absolute atomic E-state index is 0.00965. The van der Waals surface area contributed by atoms with E-state index < -0.39 is 29.8 Å². The number of nitrogens with zero attached hydrogens (tertiary/aromatic N) is 2. The normalized spacial score (nSPS) is 21.5. The second-order valence-electron chi connectivity index (χ2n) is 11.8. The number of hydrogen-bond donors (Lipinski definition) is 4. The molecule has 1 aromatic heterocycles. The number of amides is 2. The first kappa shape index (κ1) is 32.1. The van der Waals surface area contributed by atoms with Crippen molar-refractivity contribution in [2.24, 2.45) is 23.7 Å². The van der Waals surface area contributed by atoms with E-state index in [1.807, 2.05) is 38.1 Å². The lowest BCUT2D eigenvalue weighted by Gasteiger charge is -2.38. The van der Waals surface area contributed by atoms with E-state index >= 15 is 0 Å². The van der Waals surface area contributed by atoms with Crippen LogP contribution in [0.3, 0.4) is 0 Å². The molecule has 1 aliphatic heterocycles. The van der Waals surface area contributed by atoms with Gasteiger partial charge in [-0.05, 0) is 85.1 Å². The Morgan fingerprint density at radius 2 is 1.79 bits per heavy atom. The molecule has 1 aliphatic carbocycles. The average molecular weight is 591 g/mol. The van der Waals surface area contributed by atoms with Crippen molar-refractivity contribution in [2.75, 3.05) is 13.2 Å². The van der Waals surface area contributed by atoms with Crippen LogP contribution in [0.25, 0.3) is 11.6 Å². The maximum atomic E-state index is 13.6. The lowest BCUT2D eigenvalue weighted by Crippen LogP contribution is -2.40. The van der Waals surface area contributed by atoms with Crippen molar-refractivity contribution >= 4 is 29.4 Å². The zero-order valence-corrected chi connectivity index (χ0v) is 24.9. The van der Waals surface area contributed by atoms with Crippen molar-refractivity contribution in [3.05, 3.63) is 71.1 Å². The number of aromatic hydroxyl groups is 1. The van der Waals surface area contributed by atoms with Crippen LogP contribution in [-0.4, -0.2) is 67.3 Å². The molecule has 4 atom stereocenters. The quantitative estimate of drug-likeness (QED) is 0.141. The third-order valence-corrected chi connectivity index (χ3v) is 8.65. The van der Waals surface area contributed by atoms with Gasteiger partial charge in [-0.3, -0.25) is 24.3 Å². The molecule has 1 aromatic carbocycles. The highest BCUT2D eigenvalue weighted by Crippen LogP contribution is 2.48. The molecule has 0 unspecified atom stereocenters. The van der Waals surface area contributed by atoms with Gasteiger partial charge >= 0.3 is 5.97 Å². The molecular weight excluding hydrogens is 548 g/mol. The standard InChI is InChI=1S/C34H42N2O7/c1-21(2)25-19-26-32(34(43)36(33(26)42)17-7-3-4-9-30(40)41)27(20-37)31(25)29(39)15-12-23(28-8-5-6-16-35-28)18-22-10-13-24(38)14-11-22/h5-6,8,10-11,13-14,16,18,21,26-27,29,32,37-39H,3-4,7,9,12,15,17,19-20H2,1-2H3,(H,40,41)/b23-18-/t26-,27+,29-,32-/m1/s1. The number of carboxylic acid groups (broad SMARTS) is 1. The summed E-state index contributed by atoms with van der Waals surface area (Å²) in [5.74, 6) is -3.22. The SMILES string of the molecule is CC(C)C1=C([C@H](O)CC/C(=C/c2ccc(O)cc2)c2ccccn2)[C@H](CO)[C@@H]2C(=O)N(CCCCCC(=O)O)C(=O)[C@@H]2C1. The van der Waals surface area contributed by atoms with Gasteiger partial charge < -0.3 is 20.4 Å². The number of allylic oxidation sites excluding steroid dienone is 2. The first-order chi connectivity index (χ1) is 20.6. The number of hydrogen-bond acceptors (Lipinski definition) is 7. The Kier molecular flexibility index (Phi) is 10.9. The number of aliphatic carboxylic acids is 1. The van der Waals surface area contributed by atoms with Gasteiger partial charge in [0.25, 0.3) is 0 Å². The lowest BCUT2D eigenvalue weighted by molar-refractivity contribution is -0.141. The van der Waals surface area contributed by atoms with Gasteiger partial charge in [-0.25, -0.2) is 0 Å². The number of imide groups is 1. The summed E-state index contributed by atoms with van der Waals surface area (Å²) in [5, 5.41) is 40.8. The van der Waals surface area contributed by atoms with E-state index in [0.717, 1.165) is 22.4 Å². The monoisotopic (exact) mass is 590 g/mol. The summed E-state index contributed by atoms with van der Waals surface area (Å²) < 4.78 is 0. The van der Waals surface area contributed by atoms with Crippen LogP contribution in [0.5, 0.6) is 5.75 Å². The number of phenols is 1. The van der Waals surface area contributed by atoms with Crippen molar-refractivity contribution in [1.82, 2.24) is 9.88 Å². The predicted molar refractivity (Wildman–Crippen MR) is 162 cm³/mol. The first-order valence-electron chi connectivity index (χ1n) is 15.1. The van der Waals surface area contributed by atoms with Gasteiger partial charge in [-0.2, -0.15) is 0 Å². The minimum atomic E-state index is -0.935. The Labute approximate surface area is 252 Å². The number of carbonyl (C=O) groups is 3. The second-order valence-corrected chi connectivity index (χ2v) is 11.8. The molecule has 4 rings (SSSR count). The topological polar surface area (TPSA) is 148 Å². The molecule has 43 heavy (non-hydrogen) atoms. The molecule has 2 aliphatic rings. The van der Waals surface area contributed by atoms with Crippen LogP contribution in [0.2, 0.25) is 0 Å². The van der Waals surface area contributed by atoms with E-state index in [4.69, 9.17) is 5.11 Å². The highest BCUT2D eigenvalue weighted by molar-refractivity contribution is 6.05. The van der Waals surface area contributed by atoms with Crippen molar-refractivity contribution < 1.29 is 34.8 Å². The molecule has 0 bridgehead atoms. The van der Waals surface area contributed by atoms with E-state index in [2.05, 4.69) is 4.98 Å². The highest BCUT2D eigenvalue weighted by Gasteiger charge is 2.54. The fourth-order valence-corrected chi connectivity index (χ4v) is 6.50. The maximum Gasteiger partial charge on any atom is 0.303 e. The Morgan fingerprint density at radius 3 is 2.42 bits per heavy atom. The first-order valence-corrected chi connectivity index (χ1v) is 15.1. The van der Waals surface area contributed by atoms with Crippen LogP contribution in [-0.2, 0) is 14.4 Å². The van der Waals surface area contributed by atoms with E-state index in [9.17, 15) is 29.7 Å². The summed E-state index contributed by atoms with van der Waals surface area (Å²) in [6, 6.07) is 12.5. The molecule has 2 aromatic rings. The summed E-state index contributed by atoms with van der Waals surface area (Å²) >= 11 is 0. The zero-order chi connectivity index (χ0) is 31.1. The number of carbonyl (C=O) groups excluding carboxylic acids is 2. The Bertz CT molecular complexity index is 1350. The number of fused-ring (bicyclic) bond motifs is 1. The van der Waals surface area contributed by atoms with Crippen LogP contribution in [0.15, 0.2) is 59.8 Å². The minimum Gasteiger partial charge on any atom is -0.508 e. The number of aromatic nitrogens is 1. The molecule has 0 spiro atoms. The number of rotatable bonds is 14. The summed E-state index contributed by atoms with van der Waals surface area (Å²) in [5.41, 5.74) is 4.11. The molecule has 4 N–H and O–H groups in total. The molecule has 9 heteroatoms. The summed E-state index contributed by atoms with van der Waals surface area (Å²) in [4.78, 5) is 43.6. The third-order valence-electron chi connectivity index (χ3n) is 8.65.